The van der Waals surface area contributed by atoms with Crippen LogP contribution in [0.4, 0.5) is 4.39 Å². The number of furan rings is 1. The number of nitrogens with zero attached hydrogens (tertiary/aromatic N) is 1. The Kier molecular flexibility index (Phi) is 4.42. The maximum absolute atomic E-state index is 13.7. The molecule has 1 fully saturated rings. The van der Waals surface area contributed by atoms with Gasteiger partial charge in [0.2, 0.25) is 0 Å². The summed E-state index contributed by atoms with van der Waals surface area (Å²) in [5.41, 5.74) is 0.783. The molecule has 0 amide bonds. The van der Waals surface area contributed by atoms with E-state index in [0.717, 1.165) is 36.7 Å². The molecule has 0 saturated heterocycles. The van der Waals surface area contributed by atoms with Crippen molar-refractivity contribution in [3.8, 4) is 0 Å². The zero-order valence-corrected chi connectivity index (χ0v) is 12.6. The Bertz CT molecular complexity index is 639. The normalized spacial score (nSPS) is 20.7. The number of guanidine groups is 1. The van der Waals surface area contributed by atoms with Crippen LogP contribution in [-0.4, -0.2) is 25.6 Å². The third kappa shape index (κ3) is 3.47. The van der Waals surface area contributed by atoms with Crippen LogP contribution >= 0.6 is 0 Å². The molecule has 0 bridgehead atoms. The van der Waals surface area contributed by atoms with Gasteiger partial charge in [-0.2, -0.15) is 0 Å². The molecule has 3 rings (SSSR count). The Morgan fingerprint density at radius 1 is 1.32 bits per heavy atom. The first kappa shape index (κ1) is 14.6. The highest BCUT2D eigenvalue weighted by molar-refractivity contribution is 5.80. The van der Waals surface area contributed by atoms with E-state index in [1.807, 2.05) is 24.3 Å². The molecular formula is C17H20FN3O. The summed E-state index contributed by atoms with van der Waals surface area (Å²) < 4.78 is 19.0. The van der Waals surface area contributed by atoms with Gasteiger partial charge >= 0.3 is 0 Å². The van der Waals surface area contributed by atoms with Gasteiger partial charge in [0.1, 0.15) is 11.6 Å². The van der Waals surface area contributed by atoms with E-state index in [1.54, 1.807) is 19.4 Å². The van der Waals surface area contributed by atoms with Gasteiger partial charge in [-0.3, -0.25) is 4.99 Å². The lowest BCUT2D eigenvalue weighted by Gasteiger charge is -2.11. The van der Waals surface area contributed by atoms with Crippen LogP contribution in [0.3, 0.4) is 0 Å². The van der Waals surface area contributed by atoms with Crippen molar-refractivity contribution in [2.75, 3.05) is 13.6 Å². The van der Waals surface area contributed by atoms with E-state index in [9.17, 15) is 4.39 Å². The Hall–Kier alpha value is -2.30. The van der Waals surface area contributed by atoms with E-state index in [2.05, 4.69) is 15.6 Å². The maximum atomic E-state index is 13.7. The van der Waals surface area contributed by atoms with E-state index >= 15 is 0 Å². The summed E-state index contributed by atoms with van der Waals surface area (Å²) >= 11 is 0. The number of nitrogens with one attached hydrogen (secondary N) is 2. The highest BCUT2D eigenvalue weighted by atomic mass is 19.1. The van der Waals surface area contributed by atoms with Crippen LogP contribution in [-0.2, 0) is 6.42 Å². The largest absolute Gasteiger partial charge is 0.469 e. The molecule has 1 aromatic carbocycles. The quantitative estimate of drug-likeness (QED) is 0.659. The molecule has 0 spiro atoms. The smallest absolute Gasteiger partial charge is 0.191 e. The molecule has 1 aromatic heterocycles. The molecular weight excluding hydrogens is 281 g/mol. The van der Waals surface area contributed by atoms with Crippen molar-refractivity contribution in [3.63, 3.8) is 0 Å². The lowest BCUT2D eigenvalue weighted by atomic mass is 10.1. The standard InChI is InChI=1S/C17H20FN3O/c1-19-17(20-9-8-12-5-4-10-22-12)21-16-11-14(16)13-6-2-3-7-15(13)18/h2-7,10,14,16H,8-9,11H2,1H3,(H2,19,20,21). The fourth-order valence-electron chi connectivity index (χ4n) is 2.60. The van der Waals surface area contributed by atoms with Crippen molar-refractivity contribution >= 4 is 5.96 Å². The lowest BCUT2D eigenvalue weighted by molar-refractivity contribution is 0.506. The molecule has 0 aliphatic heterocycles. The molecule has 1 aliphatic rings. The average Bonchev–Trinajstić information content (AvgIpc) is 3.08. The molecule has 1 aliphatic carbocycles. The third-order valence-electron chi connectivity index (χ3n) is 3.88. The van der Waals surface area contributed by atoms with Gasteiger partial charge in [0.05, 0.1) is 6.26 Å². The minimum atomic E-state index is -0.127. The van der Waals surface area contributed by atoms with Crippen molar-refractivity contribution in [1.29, 1.82) is 0 Å². The summed E-state index contributed by atoms with van der Waals surface area (Å²) in [5, 5.41) is 6.59. The van der Waals surface area contributed by atoms with Crippen LogP contribution in [0.25, 0.3) is 0 Å². The zero-order chi connectivity index (χ0) is 15.4. The minimum Gasteiger partial charge on any atom is -0.469 e. The summed E-state index contributed by atoms with van der Waals surface area (Å²) in [6.45, 7) is 0.740. The maximum Gasteiger partial charge on any atom is 0.191 e. The van der Waals surface area contributed by atoms with Gasteiger partial charge in [0, 0.05) is 32.0 Å². The Labute approximate surface area is 129 Å². The second-order valence-electron chi connectivity index (χ2n) is 5.44. The average molecular weight is 301 g/mol. The van der Waals surface area contributed by atoms with Gasteiger partial charge in [-0.25, -0.2) is 4.39 Å². The molecule has 5 heteroatoms. The molecule has 116 valence electrons. The van der Waals surface area contributed by atoms with E-state index in [-0.39, 0.29) is 17.8 Å². The third-order valence-corrected chi connectivity index (χ3v) is 3.88. The minimum absolute atomic E-state index is 0.127. The molecule has 2 N–H and O–H groups in total. The van der Waals surface area contributed by atoms with Crippen LogP contribution in [0.5, 0.6) is 0 Å². The van der Waals surface area contributed by atoms with Crippen LogP contribution in [0.2, 0.25) is 0 Å². The van der Waals surface area contributed by atoms with Gasteiger partial charge in [-0.1, -0.05) is 18.2 Å². The summed E-state index contributed by atoms with van der Waals surface area (Å²) in [6, 6.07) is 11.0. The highest BCUT2D eigenvalue weighted by Gasteiger charge is 2.40. The SMILES string of the molecule is CN=C(NCCc1ccco1)NC1CC1c1ccccc1F. The van der Waals surface area contributed by atoms with E-state index in [1.165, 1.54) is 6.07 Å². The zero-order valence-electron chi connectivity index (χ0n) is 12.6. The van der Waals surface area contributed by atoms with Crippen molar-refractivity contribution < 1.29 is 8.81 Å². The molecule has 22 heavy (non-hydrogen) atoms. The number of rotatable bonds is 5. The molecule has 1 heterocycles. The number of benzene rings is 1. The number of hydrogen-bond acceptors (Lipinski definition) is 2. The first-order valence-corrected chi connectivity index (χ1v) is 7.52. The summed E-state index contributed by atoms with van der Waals surface area (Å²) in [4.78, 5) is 4.21. The molecule has 2 atom stereocenters. The predicted molar refractivity (Wildman–Crippen MR) is 84.5 cm³/mol. The highest BCUT2D eigenvalue weighted by Crippen LogP contribution is 2.41. The first-order valence-electron chi connectivity index (χ1n) is 7.52. The van der Waals surface area contributed by atoms with Crippen LogP contribution in [0.1, 0.15) is 23.7 Å². The fourth-order valence-corrected chi connectivity index (χ4v) is 2.60. The van der Waals surface area contributed by atoms with E-state index in [0.29, 0.717) is 0 Å². The van der Waals surface area contributed by atoms with Crippen molar-refractivity contribution in [2.24, 2.45) is 4.99 Å². The topological polar surface area (TPSA) is 49.6 Å². The van der Waals surface area contributed by atoms with Gasteiger partial charge in [0.15, 0.2) is 5.96 Å². The Morgan fingerprint density at radius 3 is 2.91 bits per heavy atom. The second kappa shape index (κ2) is 6.64. The number of hydrogen-bond donors (Lipinski definition) is 2. The van der Waals surface area contributed by atoms with E-state index < -0.39 is 0 Å². The summed E-state index contributed by atoms with van der Waals surface area (Å²) in [7, 11) is 1.74. The van der Waals surface area contributed by atoms with Crippen molar-refractivity contribution in [2.45, 2.75) is 24.8 Å². The van der Waals surface area contributed by atoms with Crippen LogP contribution in [0, 0.1) is 5.82 Å². The summed E-state index contributed by atoms with van der Waals surface area (Å²) in [6.07, 6.45) is 3.40. The van der Waals surface area contributed by atoms with Gasteiger partial charge in [-0.05, 0) is 30.2 Å². The first-order chi connectivity index (χ1) is 10.8. The molecule has 2 unspecified atom stereocenters. The summed E-state index contributed by atoms with van der Waals surface area (Å²) in [5.74, 6) is 1.79. The van der Waals surface area contributed by atoms with Crippen molar-refractivity contribution in [3.05, 3.63) is 59.8 Å². The number of halogens is 1. The van der Waals surface area contributed by atoms with Gasteiger partial charge in [0.25, 0.3) is 0 Å². The van der Waals surface area contributed by atoms with Crippen molar-refractivity contribution in [1.82, 2.24) is 10.6 Å². The van der Waals surface area contributed by atoms with Crippen LogP contribution in [0.15, 0.2) is 52.1 Å². The predicted octanol–water partition coefficient (Wildman–Crippen LogP) is 2.68. The Balaban J connectivity index is 1.47. The van der Waals surface area contributed by atoms with E-state index in [4.69, 9.17) is 4.42 Å². The second-order valence-corrected chi connectivity index (χ2v) is 5.44. The Morgan fingerprint density at radius 2 is 2.18 bits per heavy atom. The molecule has 4 nitrogen and oxygen atoms in total. The number of aliphatic imine (C=N–C) groups is 1. The van der Waals surface area contributed by atoms with Crippen LogP contribution < -0.4 is 10.6 Å². The molecule has 2 aromatic rings. The lowest BCUT2D eigenvalue weighted by Crippen LogP contribution is -2.39. The fraction of sp³-hybridized carbons (Fsp3) is 0.353. The molecule has 1 saturated carbocycles. The van der Waals surface area contributed by atoms with Gasteiger partial charge < -0.3 is 15.1 Å². The monoisotopic (exact) mass is 301 g/mol. The van der Waals surface area contributed by atoms with Gasteiger partial charge in [-0.15, -0.1) is 0 Å². The molecule has 0 radical (unpaired) electrons.